The van der Waals surface area contributed by atoms with Gasteiger partial charge in [0.1, 0.15) is 23.9 Å². The van der Waals surface area contributed by atoms with Crippen molar-refractivity contribution >= 4 is 12.1 Å². The number of aromatic nitrogens is 1. The molecule has 2 aromatic rings. The predicted molar refractivity (Wildman–Crippen MR) is 89.1 cm³/mol. The number of rotatable bonds is 5. The fourth-order valence-electron chi connectivity index (χ4n) is 2.83. The summed E-state index contributed by atoms with van der Waals surface area (Å²) in [7, 11) is 1.66. The minimum atomic E-state index is -0.380. The Labute approximate surface area is 135 Å². The van der Waals surface area contributed by atoms with E-state index in [2.05, 4.69) is 10.4 Å². The van der Waals surface area contributed by atoms with E-state index in [9.17, 15) is 4.79 Å². The maximum atomic E-state index is 11.7. The first-order valence-electron chi connectivity index (χ1n) is 7.48. The molecule has 1 atom stereocenters. The topological polar surface area (TPSA) is 54.5 Å². The smallest absolute Gasteiger partial charge is 0.148 e. The van der Waals surface area contributed by atoms with Crippen LogP contribution in [0.15, 0.2) is 59.9 Å². The first-order valence-corrected chi connectivity index (χ1v) is 7.48. The fourth-order valence-corrected chi connectivity index (χ4v) is 2.83. The lowest BCUT2D eigenvalue weighted by molar-refractivity contribution is -0.108. The number of benzene rings is 1. The number of methoxy groups -OCH3 is 1. The molecule has 1 aliphatic rings. The van der Waals surface area contributed by atoms with Gasteiger partial charge in [-0.2, -0.15) is 0 Å². The van der Waals surface area contributed by atoms with Crippen LogP contribution >= 0.6 is 0 Å². The van der Waals surface area contributed by atoms with Crippen molar-refractivity contribution in [1.82, 2.24) is 10.4 Å². The number of carbonyl (C=O) groups excluding carboxylic acids is 1. The van der Waals surface area contributed by atoms with Gasteiger partial charge in [0.05, 0.1) is 7.11 Å². The summed E-state index contributed by atoms with van der Waals surface area (Å²) in [5, 5.41) is 1.80. The number of carbonyl (C=O) groups is 1. The first-order chi connectivity index (χ1) is 11.2. The molecule has 5 nitrogen and oxygen atoms in total. The molecule has 0 amide bonds. The number of aldehydes is 1. The van der Waals surface area contributed by atoms with Crippen LogP contribution in [-0.2, 0) is 11.2 Å². The number of hydrogen-bond donors (Lipinski definition) is 1. The summed E-state index contributed by atoms with van der Waals surface area (Å²) < 4.78 is 5.41. The highest BCUT2D eigenvalue weighted by Crippen LogP contribution is 2.29. The zero-order valence-electron chi connectivity index (χ0n) is 13.2. The van der Waals surface area contributed by atoms with Gasteiger partial charge in [-0.3, -0.25) is 5.01 Å². The van der Waals surface area contributed by atoms with E-state index in [4.69, 9.17) is 4.74 Å². The van der Waals surface area contributed by atoms with Gasteiger partial charge in [-0.05, 0) is 36.3 Å². The third-order valence-corrected chi connectivity index (χ3v) is 4.00. The molecule has 0 saturated carbocycles. The molecule has 3 rings (SSSR count). The summed E-state index contributed by atoms with van der Waals surface area (Å²) in [6, 6.07) is 13.1. The van der Waals surface area contributed by atoms with Crippen LogP contribution in [0, 0.1) is 0 Å². The molecule has 1 aromatic carbocycles. The summed E-state index contributed by atoms with van der Waals surface area (Å²) in [6.45, 7) is 1.98. The minimum Gasteiger partial charge on any atom is -0.496 e. The number of allylic oxidation sites excluding steroid dienone is 1. The zero-order chi connectivity index (χ0) is 16.2. The van der Waals surface area contributed by atoms with Crippen molar-refractivity contribution in [1.29, 1.82) is 0 Å². The molecular weight excluding hydrogens is 290 g/mol. The summed E-state index contributed by atoms with van der Waals surface area (Å²) >= 11 is 0. The van der Waals surface area contributed by atoms with E-state index >= 15 is 0 Å². The summed E-state index contributed by atoms with van der Waals surface area (Å²) in [5.41, 5.74) is 6.31. The Hall–Kier alpha value is -2.82. The van der Waals surface area contributed by atoms with Gasteiger partial charge in [0.2, 0.25) is 0 Å². The second kappa shape index (κ2) is 6.52. The monoisotopic (exact) mass is 309 g/mol. The van der Waals surface area contributed by atoms with Crippen molar-refractivity contribution < 1.29 is 9.53 Å². The number of anilines is 1. The maximum absolute atomic E-state index is 11.7. The zero-order valence-corrected chi connectivity index (χ0v) is 13.2. The molecule has 0 radical (unpaired) electrons. The van der Waals surface area contributed by atoms with Gasteiger partial charge >= 0.3 is 0 Å². The van der Waals surface area contributed by atoms with Crippen LogP contribution in [0.3, 0.4) is 0 Å². The van der Waals surface area contributed by atoms with Crippen molar-refractivity contribution in [3.05, 3.63) is 65.5 Å². The number of para-hydroxylation sites is 1. The molecule has 1 aliphatic heterocycles. The molecule has 0 spiro atoms. The normalized spacial score (nSPS) is 17.1. The number of ether oxygens (including phenoxy) is 1. The first kappa shape index (κ1) is 15.1. The lowest BCUT2D eigenvalue weighted by Gasteiger charge is -2.23. The van der Waals surface area contributed by atoms with Gasteiger partial charge in [-0.25, -0.2) is 4.98 Å². The van der Waals surface area contributed by atoms with Gasteiger partial charge < -0.3 is 15.0 Å². The van der Waals surface area contributed by atoms with E-state index in [1.54, 1.807) is 18.3 Å². The second-order valence-corrected chi connectivity index (χ2v) is 5.39. The Bertz CT molecular complexity index is 728. The molecule has 0 aliphatic carbocycles. The maximum Gasteiger partial charge on any atom is 0.148 e. The Balaban J connectivity index is 1.89. The van der Waals surface area contributed by atoms with Crippen molar-refractivity contribution in [3.63, 3.8) is 0 Å². The van der Waals surface area contributed by atoms with E-state index < -0.39 is 0 Å². The van der Waals surface area contributed by atoms with Gasteiger partial charge in [-0.15, -0.1) is 0 Å². The SMILES string of the molecule is COc1ccccc1CC1=C(C)NN(c2ccccn2)C1C=O. The van der Waals surface area contributed by atoms with Gasteiger partial charge in [-0.1, -0.05) is 24.3 Å². The molecule has 23 heavy (non-hydrogen) atoms. The van der Waals surface area contributed by atoms with Crippen LogP contribution in [-0.4, -0.2) is 24.4 Å². The number of nitrogens with zero attached hydrogens (tertiary/aromatic N) is 2. The summed E-state index contributed by atoms with van der Waals surface area (Å²) in [4.78, 5) is 16.0. The highest BCUT2D eigenvalue weighted by molar-refractivity contribution is 5.72. The highest BCUT2D eigenvalue weighted by Gasteiger charge is 2.31. The molecule has 2 heterocycles. The van der Waals surface area contributed by atoms with Crippen LogP contribution in [0.2, 0.25) is 0 Å². The number of nitrogens with one attached hydrogen (secondary N) is 1. The van der Waals surface area contributed by atoms with Crippen molar-refractivity contribution in [2.75, 3.05) is 12.1 Å². The Kier molecular flexibility index (Phi) is 4.28. The minimum absolute atomic E-state index is 0.380. The molecule has 1 N–H and O–H groups in total. The van der Waals surface area contributed by atoms with Crippen molar-refractivity contribution in [2.45, 2.75) is 19.4 Å². The van der Waals surface area contributed by atoms with Crippen molar-refractivity contribution in [3.8, 4) is 5.75 Å². The Morgan fingerprint density at radius 2 is 2.04 bits per heavy atom. The Morgan fingerprint density at radius 3 is 2.74 bits per heavy atom. The molecule has 1 aromatic heterocycles. The van der Waals surface area contributed by atoms with E-state index in [-0.39, 0.29) is 6.04 Å². The third kappa shape index (κ3) is 2.90. The van der Waals surface area contributed by atoms with E-state index in [1.165, 1.54) is 0 Å². The number of hydrogen-bond acceptors (Lipinski definition) is 5. The van der Waals surface area contributed by atoms with E-state index in [1.807, 2.05) is 49.4 Å². The predicted octanol–water partition coefficient (Wildman–Crippen LogP) is 2.50. The summed E-state index contributed by atoms with van der Waals surface area (Å²) in [6.07, 6.45) is 3.31. The summed E-state index contributed by atoms with van der Waals surface area (Å²) in [5.74, 6) is 1.55. The average Bonchev–Trinajstić information content (AvgIpc) is 2.92. The lowest BCUT2D eigenvalue weighted by atomic mass is 9.98. The molecule has 0 bridgehead atoms. The van der Waals surface area contributed by atoms with Crippen LogP contribution < -0.4 is 15.2 Å². The molecule has 5 heteroatoms. The van der Waals surface area contributed by atoms with E-state index in [0.29, 0.717) is 6.42 Å². The van der Waals surface area contributed by atoms with Crippen LogP contribution in [0.25, 0.3) is 0 Å². The second-order valence-electron chi connectivity index (χ2n) is 5.39. The Morgan fingerprint density at radius 1 is 1.26 bits per heavy atom. The standard InChI is InChI=1S/C18H19N3O2/c1-13-15(11-14-7-3-4-8-17(14)23-2)16(12-22)21(20-13)18-9-5-6-10-19-18/h3-10,12,16,20H,11H2,1-2H3. The molecule has 118 valence electrons. The van der Waals surface area contributed by atoms with Crippen molar-refractivity contribution in [2.24, 2.45) is 0 Å². The van der Waals surface area contributed by atoms with Gasteiger partial charge in [0, 0.05) is 18.3 Å². The molecular formula is C18H19N3O2. The number of pyridine rings is 1. The largest absolute Gasteiger partial charge is 0.496 e. The lowest BCUT2D eigenvalue weighted by Crippen LogP contribution is -2.41. The van der Waals surface area contributed by atoms with Gasteiger partial charge in [0.15, 0.2) is 0 Å². The quantitative estimate of drug-likeness (QED) is 0.860. The number of hydrazine groups is 1. The molecule has 1 unspecified atom stereocenters. The van der Waals surface area contributed by atoms with Crippen LogP contribution in [0.5, 0.6) is 5.75 Å². The third-order valence-electron chi connectivity index (χ3n) is 4.00. The average molecular weight is 309 g/mol. The highest BCUT2D eigenvalue weighted by atomic mass is 16.5. The van der Waals surface area contributed by atoms with Crippen LogP contribution in [0.1, 0.15) is 12.5 Å². The molecule has 0 saturated heterocycles. The van der Waals surface area contributed by atoms with Gasteiger partial charge in [0.25, 0.3) is 0 Å². The molecule has 0 fully saturated rings. The van der Waals surface area contributed by atoms with Crippen LogP contribution in [0.4, 0.5) is 5.82 Å². The fraction of sp³-hybridized carbons (Fsp3) is 0.222. The van der Waals surface area contributed by atoms with E-state index in [0.717, 1.165) is 34.7 Å².